The lowest BCUT2D eigenvalue weighted by Gasteiger charge is -2.25. The van der Waals surface area contributed by atoms with Gasteiger partial charge in [0.15, 0.2) is 0 Å². The first-order valence-electron chi connectivity index (χ1n) is 5.68. The van der Waals surface area contributed by atoms with Gasteiger partial charge in [-0.3, -0.25) is 4.79 Å². The lowest BCUT2D eigenvalue weighted by Crippen LogP contribution is -2.35. The monoisotopic (exact) mass is 349 g/mol. The molecule has 5 heteroatoms. The number of thioether (sulfide) groups is 1. The standard InChI is InChI=1S/C13H17BrClNOS/c1-9(6-7-18-3)16(2)13(17)11-8-10(14)4-5-12(11)15/h4-5,8-9H,6-7H2,1-3H3. The number of carbonyl (C=O) groups excluding carboxylic acids is 1. The molecule has 0 N–H and O–H groups in total. The molecule has 100 valence electrons. The van der Waals surface area contributed by atoms with Crippen molar-refractivity contribution in [3.8, 4) is 0 Å². The van der Waals surface area contributed by atoms with Crippen molar-refractivity contribution in [2.75, 3.05) is 19.1 Å². The van der Waals surface area contributed by atoms with Crippen LogP contribution in [0.25, 0.3) is 0 Å². The molecule has 18 heavy (non-hydrogen) atoms. The molecule has 0 spiro atoms. The number of halogens is 2. The van der Waals surface area contributed by atoms with Crippen molar-refractivity contribution >= 4 is 45.2 Å². The predicted molar refractivity (Wildman–Crippen MR) is 83.7 cm³/mol. The van der Waals surface area contributed by atoms with Gasteiger partial charge in [0.2, 0.25) is 0 Å². The number of hydrogen-bond donors (Lipinski definition) is 0. The van der Waals surface area contributed by atoms with Crippen molar-refractivity contribution in [1.82, 2.24) is 4.90 Å². The van der Waals surface area contributed by atoms with Crippen LogP contribution in [0.5, 0.6) is 0 Å². The summed E-state index contributed by atoms with van der Waals surface area (Å²) in [5.74, 6) is 1.01. The van der Waals surface area contributed by atoms with Crippen molar-refractivity contribution in [1.29, 1.82) is 0 Å². The Bertz CT molecular complexity index is 427. The van der Waals surface area contributed by atoms with Crippen LogP contribution >= 0.6 is 39.3 Å². The van der Waals surface area contributed by atoms with Gasteiger partial charge in [0, 0.05) is 17.6 Å². The lowest BCUT2D eigenvalue weighted by molar-refractivity contribution is 0.0741. The minimum Gasteiger partial charge on any atom is -0.339 e. The van der Waals surface area contributed by atoms with Gasteiger partial charge in [0.1, 0.15) is 0 Å². The van der Waals surface area contributed by atoms with Gasteiger partial charge in [-0.05, 0) is 43.6 Å². The smallest absolute Gasteiger partial charge is 0.255 e. The first-order valence-corrected chi connectivity index (χ1v) is 8.25. The topological polar surface area (TPSA) is 20.3 Å². The van der Waals surface area contributed by atoms with E-state index in [1.807, 2.05) is 13.1 Å². The summed E-state index contributed by atoms with van der Waals surface area (Å²) in [5, 5.41) is 0.493. The van der Waals surface area contributed by atoms with E-state index in [9.17, 15) is 4.79 Å². The number of rotatable bonds is 5. The first kappa shape index (κ1) is 15.9. The van der Waals surface area contributed by atoms with Gasteiger partial charge in [-0.15, -0.1) is 0 Å². The minimum atomic E-state index is -0.0325. The molecule has 0 radical (unpaired) electrons. The summed E-state index contributed by atoms with van der Waals surface area (Å²) in [6.45, 7) is 2.06. The molecule has 0 aromatic heterocycles. The van der Waals surface area contributed by atoms with Crippen LogP contribution in [0.2, 0.25) is 5.02 Å². The van der Waals surface area contributed by atoms with Crippen molar-refractivity contribution in [2.24, 2.45) is 0 Å². The molecular formula is C13H17BrClNOS. The molecule has 0 saturated heterocycles. The van der Waals surface area contributed by atoms with Gasteiger partial charge in [0.25, 0.3) is 5.91 Å². The molecule has 1 atom stereocenters. The SMILES string of the molecule is CSCCC(C)N(C)C(=O)c1cc(Br)ccc1Cl. The molecule has 0 aliphatic rings. The van der Waals surface area contributed by atoms with Gasteiger partial charge in [0.05, 0.1) is 10.6 Å². The van der Waals surface area contributed by atoms with Crippen molar-refractivity contribution in [3.63, 3.8) is 0 Å². The number of carbonyl (C=O) groups is 1. The van der Waals surface area contributed by atoms with E-state index in [1.165, 1.54) is 0 Å². The molecule has 1 amide bonds. The zero-order valence-corrected chi connectivity index (χ0v) is 13.9. The number of nitrogens with zero attached hydrogens (tertiary/aromatic N) is 1. The van der Waals surface area contributed by atoms with Crippen LogP contribution in [0.15, 0.2) is 22.7 Å². The summed E-state index contributed by atoms with van der Waals surface area (Å²) in [5.41, 5.74) is 0.546. The van der Waals surface area contributed by atoms with Crippen molar-refractivity contribution in [3.05, 3.63) is 33.3 Å². The maximum Gasteiger partial charge on any atom is 0.255 e. The molecule has 0 bridgehead atoms. The molecule has 0 heterocycles. The zero-order valence-electron chi connectivity index (χ0n) is 10.7. The average molecular weight is 351 g/mol. The third kappa shape index (κ3) is 4.18. The highest BCUT2D eigenvalue weighted by atomic mass is 79.9. The third-order valence-electron chi connectivity index (χ3n) is 2.88. The van der Waals surface area contributed by atoms with E-state index >= 15 is 0 Å². The van der Waals surface area contributed by atoms with E-state index in [1.54, 1.807) is 28.8 Å². The summed E-state index contributed by atoms with van der Waals surface area (Å²) in [6.07, 6.45) is 3.05. The van der Waals surface area contributed by atoms with Crippen LogP contribution in [0.1, 0.15) is 23.7 Å². The highest BCUT2D eigenvalue weighted by Crippen LogP contribution is 2.23. The van der Waals surface area contributed by atoms with Crippen LogP contribution in [0.4, 0.5) is 0 Å². The largest absolute Gasteiger partial charge is 0.339 e. The highest BCUT2D eigenvalue weighted by Gasteiger charge is 2.19. The Labute approximate surface area is 126 Å². The summed E-state index contributed by atoms with van der Waals surface area (Å²) in [7, 11) is 1.82. The Balaban J connectivity index is 2.82. The van der Waals surface area contributed by atoms with E-state index in [0.717, 1.165) is 16.6 Å². The predicted octanol–water partition coefficient (Wildman–Crippen LogP) is 4.32. The molecule has 1 aromatic rings. The number of amides is 1. The van der Waals surface area contributed by atoms with E-state index in [0.29, 0.717) is 10.6 Å². The Morgan fingerprint density at radius 3 is 2.83 bits per heavy atom. The van der Waals surface area contributed by atoms with Gasteiger partial charge in [-0.2, -0.15) is 11.8 Å². The maximum absolute atomic E-state index is 12.3. The third-order valence-corrected chi connectivity index (χ3v) is 4.35. The molecule has 0 fully saturated rings. The average Bonchev–Trinajstić information content (AvgIpc) is 2.37. The molecule has 0 saturated carbocycles. The van der Waals surface area contributed by atoms with Gasteiger partial charge in [-0.1, -0.05) is 27.5 Å². The van der Waals surface area contributed by atoms with Crippen molar-refractivity contribution < 1.29 is 4.79 Å². The molecule has 1 unspecified atom stereocenters. The van der Waals surface area contributed by atoms with Crippen LogP contribution in [-0.4, -0.2) is 35.9 Å². The van der Waals surface area contributed by atoms with E-state index in [2.05, 4.69) is 29.1 Å². The van der Waals surface area contributed by atoms with Gasteiger partial charge >= 0.3 is 0 Å². The van der Waals surface area contributed by atoms with E-state index in [-0.39, 0.29) is 11.9 Å². The fraction of sp³-hybridized carbons (Fsp3) is 0.462. The lowest BCUT2D eigenvalue weighted by atomic mass is 10.1. The molecular weight excluding hydrogens is 334 g/mol. The Hall–Kier alpha value is -0.190. The second-order valence-corrected chi connectivity index (χ2v) is 6.48. The van der Waals surface area contributed by atoms with Crippen LogP contribution in [0.3, 0.4) is 0 Å². The highest BCUT2D eigenvalue weighted by molar-refractivity contribution is 9.10. The van der Waals surface area contributed by atoms with Gasteiger partial charge < -0.3 is 4.90 Å². The summed E-state index contributed by atoms with van der Waals surface area (Å²) in [6, 6.07) is 5.54. The summed E-state index contributed by atoms with van der Waals surface area (Å²) in [4.78, 5) is 14.1. The molecule has 0 aliphatic heterocycles. The second-order valence-electron chi connectivity index (χ2n) is 4.17. The minimum absolute atomic E-state index is 0.0325. The molecule has 1 rings (SSSR count). The number of hydrogen-bond acceptors (Lipinski definition) is 2. The maximum atomic E-state index is 12.3. The second kappa shape index (κ2) is 7.41. The Morgan fingerprint density at radius 1 is 1.56 bits per heavy atom. The fourth-order valence-electron chi connectivity index (χ4n) is 1.53. The Morgan fingerprint density at radius 2 is 2.22 bits per heavy atom. The fourth-order valence-corrected chi connectivity index (χ4v) is 2.67. The summed E-state index contributed by atoms with van der Waals surface area (Å²) >= 11 is 11.2. The van der Waals surface area contributed by atoms with Crippen LogP contribution in [-0.2, 0) is 0 Å². The van der Waals surface area contributed by atoms with Crippen LogP contribution in [0, 0.1) is 0 Å². The summed E-state index contributed by atoms with van der Waals surface area (Å²) < 4.78 is 0.861. The quantitative estimate of drug-likeness (QED) is 0.788. The van der Waals surface area contributed by atoms with Crippen molar-refractivity contribution in [2.45, 2.75) is 19.4 Å². The van der Waals surface area contributed by atoms with E-state index < -0.39 is 0 Å². The van der Waals surface area contributed by atoms with E-state index in [4.69, 9.17) is 11.6 Å². The molecule has 2 nitrogen and oxygen atoms in total. The molecule has 1 aromatic carbocycles. The Kier molecular flexibility index (Phi) is 6.53. The number of benzene rings is 1. The zero-order chi connectivity index (χ0) is 13.7. The van der Waals surface area contributed by atoms with Crippen LogP contribution < -0.4 is 0 Å². The first-order chi connectivity index (χ1) is 8.47. The normalized spacial score (nSPS) is 12.3. The van der Waals surface area contributed by atoms with Gasteiger partial charge in [-0.25, -0.2) is 0 Å². The molecule has 0 aliphatic carbocycles.